The Kier molecular flexibility index (Phi) is 4.40. The van der Waals surface area contributed by atoms with Crippen molar-refractivity contribution in [3.63, 3.8) is 0 Å². The van der Waals surface area contributed by atoms with E-state index in [1.165, 1.54) is 0 Å². The van der Waals surface area contributed by atoms with E-state index in [1.807, 2.05) is 38.1 Å². The average Bonchev–Trinajstić information content (AvgIpc) is 2.34. The van der Waals surface area contributed by atoms with Crippen LogP contribution in [0.3, 0.4) is 0 Å². The van der Waals surface area contributed by atoms with Crippen LogP contribution < -0.4 is 0 Å². The highest BCUT2D eigenvalue weighted by Gasteiger charge is 1.96. The van der Waals surface area contributed by atoms with E-state index in [1.54, 1.807) is 24.3 Å². The van der Waals surface area contributed by atoms with Gasteiger partial charge in [0.05, 0.1) is 0 Å². The smallest absolute Gasteiger partial charge is 0.115 e. The van der Waals surface area contributed by atoms with Crippen LogP contribution in [0.2, 0.25) is 0 Å². The molecule has 2 rings (SSSR count). The largest absolute Gasteiger partial charge is 0.508 e. The molecule has 0 saturated heterocycles. The monoisotopic (exact) mass is 216 g/mol. The van der Waals surface area contributed by atoms with Crippen molar-refractivity contribution in [2.45, 2.75) is 13.8 Å². The molecule has 0 bridgehead atoms. The third-order valence-corrected chi connectivity index (χ3v) is 2.07. The van der Waals surface area contributed by atoms with Gasteiger partial charge in [-0.1, -0.05) is 38.1 Å². The van der Waals surface area contributed by atoms with E-state index >= 15 is 0 Å². The molecule has 0 spiro atoms. The fourth-order valence-corrected chi connectivity index (χ4v) is 1.31. The Labute approximate surface area is 95.8 Å². The molecule has 0 aromatic heterocycles. The Balaban J connectivity index is 0.000000606. The molecule has 0 radical (unpaired) electrons. The Hall–Kier alpha value is -1.96. The van der Waals surface area contributed by atoms with E-state index in [-0.39, 0.29) is 11.5 Å². The van der Waals surface area contributed by atoms with E-state index in [9.17, 15) is 0 Å². The van der Waals surface area contributed by atoms with E-state index in [0.717, 1.165) is 11.1 Å². The molecule has 0 amide bonds. The van der Waals surface area contributed by atoms with Gasteiger partial charge in [0, 0.05) is 0 Å². The van der Waals surface area contributed by atoms with Gasteiger partial charge in [-0.3, -0.25) is 0 Å². The first kappa shape index (κ1) is 12.1. The summed E-state index contributed by atoms with van der Waals surface area (Å²) in [4.78, 5) is 0. The van der Waals surface area contributed by atoms with E-state index in [4.69, 9.17) is 10.2 Å². The highest BCUT2D eigenvalue weighted by molar-refractivity contribution is 5.64. The Morgan fingerprint density at radius 1 is 0.562 bits per heavy atom. The topological polar surface area (TPSA) is 40.5 Å². The molecule has 2 aromatic rings. The summed E-state index contributed by atoms with van der Waals surface area (Å²) in [5.74, 6) is 0.514. The number of phenols is 2. The standard InChI is InChI=1S/C12H10O2.C2H6/c13-11-5-1-9(2-6-11)10-3-7-12(14)8-4-10;1-2/h1-8,13-14H;1-2H3. The van der Waals surface area contributed by atoms with Crippen molar-refractivity contribution in [2.24, 2.45) is 0 Å². The van der Waals surface area contributed by atoms with Crippen LogP contribution in [0, 0.1) is 0 Å². The lowest BCUT2D eigenvalue weighted by molar-refractivity contribution is 0.474. The van der Waals surface area contributed by atoms with Crippen molar-refractivity contribution in [1.29, 1.82) is 0 Å². The van der Waals surface area contributed by atoms with Crippen molar-refractivity contribution in [3.05, 3.63) is 48.5 Å². The average molecular weight is 216 g/mol. The molecule has 0 aliphatic rings. The lowest BCUT2D eigenvalue weighted by Gasteiger charge is -2.01. The Morgan fingerprint density at radius 2 is 0.812 bits per heavy atom. The number of phenolic OH excluding ortho intramolecular Hbond substituents is 2. The Morgan fingerprint density at radius 3 is 1.06 bits per heavy atom. The minimum absolute atomic E-state index is 0.257. The third kappa shape index (κ3) is 3.02. The van der Waals surface area contributed by atoms with Crippen LogP contribution in [-0.2, 0) is 0 Å². The molecule has 0 aliphatic carbocycles. The zero-order chi connectivity index (χ0) is 12.0. The lowest BCUT2D eigenvalue weighted by atomic mass is 10.1. The first-order valence-corrected chi connectivity index (χ1v) is 5.34. The molecular formula is C14H16O2. The van der Waals surface area contributed by atoms with Crippen LogP contribution in [0.15, 0.2) is 48.5 Å². The normalized spacial score (nSPS) is 9.12. The van der Waals surface area contributed by atoms with Crippen molar-refractivity contribution in [3.8, 4) is 22.6 Å². The fourth-order valence-electron chi connectivity index (χ4n) is 1.31. The summed E-state index contributed by atoms with van der Waals surface area (Å²) >= 11 is 0. The number of aromatic hydroxyl groups is 2. The van der Waals surface area contributed by atoms with Crippen LogP contribution in [0.5, 0.6) is 11.5 Å². The van der Waals surface area contributed by atoms with Crippen LogP contribution >= 0.6 is 0 Å². The van der Waals surface area contributed by atoms with Gasteiger partial charge < -0.3 is 10.2 Å². The van der Waals surface area contributed by atoms with Gasteiger partial charge in [-0.2, -0.15) is 0 Å². The summed E-state index contributed by atoms with van der Waals surface area (Å²) in [5, 5.41) is 18.2. The molecule has 2 nitrogen and oxygen atoms in total. The van der Waals surface area contributed by atoms with Gasteiger partial charge in [-0.25, -0.2) is 0 Å². The fraction of sp³-hybridized carbons (Fsp3) is 0.143. The molecule has 84 valence electrons. The van der Waals surface area contributed by atoms with E-state index < -0.39 is 0 Å². The molecule has 0 saturated carbocycles. The first-order valence-electron chi connectivity index (χ1n) is 5.34. The van der Waals surface area contributed by atoms with E-state index in [0.29, 0.717) is 0 Å². The van der Waals surface area contributed by atoms with Crippen molar-refractivity contribution in [1.82, 2.24) is 0 Å². The maximum atomic E-state index is 9.11. The highest BCUT2D eigenvalue weighted by Crippen LogP contribution is 2.23. The molecule has 0 unspecified atom stereocenters. The van der Waals surface area contributed by atoms with Crippen LogP contribution in [-0.4, -0.2) is 10.2 Å². The lowest BCUT2D eigenvalue weighted by Crippen LogP contribution is -1.75. The van der Waals surface area contributed by atoms with Gasteiger partial charge in [-0.15, -0.1) is 0 Å². The molecule has 0 aliphatic heterocycles. The van der Waals surface area contributed by atoms with Crippen LogP contribution in [0.4, 0.5) is 0 Å². The number of rotatable bonds is 1. The minimum Gasteiger partial charge on any atom is -0.508 e. The molecule has 2 heteroatoms. The summed E-state index contributed by atoms with van der Waals surface area (Å²) in [6.45, 7) is 4.00. The maximum absolute atomic E-state index is 9.11. The second-order valence-electron chi connectivity index (χ2n) is 3.09. The van der Waals surface area contributed by atoms with E-state index in [2.05, 4.69) is 0 Å². The zero-order valence-corrected chi connectivity index (χ0v) is 9.51. The number of hydrogen-bond acceptors (Lipinski definition) is 2. The van der Waals surface area contributed by atoms with Crippen molar-refractivity contribution in [2.75, 3.05) is 0 Å². The highest BCUT2D eigenvalue weighted by atomic mass is 16.3. The van der Waals surface area contributed by atoms with Gasteiger partial charge in [-0.05, 0) is 35.4 Å². The summed E-state index contributed by atoms with van der Waals surface area (Å²) < 4.78 is 0. The molecule has 0 atom stereocenters. The van der Waals surface area contributed by atoms with Gasteiger partial charge in [0.1, 0.15) is 11.5 Å². The number of benzene rings is 2. The predicted octanol–water partition coefficient (Wildman–Crippen LogP) is 3.79. The summed E-state index contributed by atoms with van der Waals surface area (Å²) in [6, 6.07) is 13.9. The maximum Gasteiger partial charge on any atom is 0.115 e. The summed E-state index contributed by atoms with van der Waals surface area (Å²) in [5.41, 5.74) is 2.03. The van der Waals surface area contributed by atoms with Crippen LogP contribution in [0.1, 0.15) is 13.8 Å². The van der Waals surface area contributed by atoms with Crippen molar-refractivity contribution >= 4 is 0 Å². The molecular weight excluding hydrogens is 200 g/mol. The summed E-state index contributed by atoms with van der Waals surface area (Å²) in [7, 11) is 0. The van der Waals surface area contributed by atoms with Gasteiger partial charge in [0.15, 0.2) is 0 Å². The number of hydrogen-bond donors (Lipinski definition) is 2. The summed E-state index contributed by atoms with van der Waals surface area (Å²) in [6.07, 6.45) is 0. The second-order valence-corrected chi connectivity index (χ2v) is 3.09. The molecule has 16 heavy (non-hydrogen) atoms. The van der Waals surface area contributed by atoms with Crippen molar-refractivity contribution < 1.29 is 10.2 Å². The predicted molar refractivity (Wildman–Crippen MR) is 66.6 cm³/mol. The second kappa shape index (κ2) is 5.81. The molecule has 0 fully saturated rings. The van der Waals surface area contributed by atoms with Gasteiger partial charge in [0.25, 0.3) is 0 Å². The van der Waals surface area contributed by atoms with Gasteiger partial charge in [0.2, 0.25) is 0 Å². The molecule has 0 heterocycles. The third-order valence-electron chi connectivity index (χ3n) is 2.07. The van der Waals surface area contributed by atoms with Crippen LogP contribution in [0.25, 0.3) is 11.1 Å². The van der Waals surface area contributed by atoms with Gasteiger partial charge >= 0.3 is 0 Å². The SMILES string of the molecule is CC.Oc1ccc(-c2ccc(O)cc2)cc1. The zero-order valence-electron chi connectivity index (χ0n) is 9.51. The minimum atomic E-state index is 0.257. The first-order chi connectivity index (χ1) is 7.75. The quantitative estimate of drug-likeness (QED) is 0.761. The molecule has 2 N–H and O–H groups in total. The Bertz CT molecular complexity index is 372. The molecule has 2 aromatic carbocycles.